The number of hydrogen-bond donors (Lipinski definition) is 1. The molecule has 0 aliphatic heterocycles. The number of aromatic amines is 1. The predicted molar refractivity (Wildman–Crippen MR) is 140 cm³/mol. The second-order valence-corrected chi connectivity index (χ2v) is 9.48. The third kappa shape index (κ3) is 5.76. The van der Waals surface area contributed by atoms with E-state index < -0.39 is 0 Å². The molecule has 0 bridgehead atoms. The molecule has 0 fully saturated rings. The highest BCUT2D eigenvalue weighted by atomic mass is 19.1. The maximum Gasteiger partial charge on any atom is 0.163 e. The zero-order valence-electron chi connectivity index (χ0n) is 20.7. The molecule has 0 saturated heterocycles. The highest BCUT2D eigenvalue weighted by Crippen LogP contribution is 2.27. The number of benzene rings is 3. The fourth-order valence-electron chi connectivity index (χ4n) is 4.81. The van der Waals surface area contributed by atoms with Gasteiger partial charge in [0.1, 0.15) is 11.6 Å². The maximum absolute atomic E-state index is 14.6. The Hall–Kier alpha value is -3.53. The van der Waals surface area contributed by atoms with Gasteiger partial charge in [0.15, 0.2) is 5.78 Å². The molecule has 4 aromatic rings. The number of rotatable bonds is 10. The molecule has 180 valence electrons. The number of aromatic nitrogens is 1. The van der Waals surface area contributed by atoms with Gasteiger partial charge in [-0.1, -0.05) is 61.4 Å². The normalized spacial score (nSPS) is 12.1. The molecule has 0 saturated carbocycles. The van der Waals surface area contributed by atoms with Crippen molar-refractivity contribution in [3.05, 3.63) is 106 Å². The average molecular weight is 470 g/mol. The van der Waals surface area contributed by atoms with Gasteiger partial charge in [-0.2, -0.15) is 0 Å². The molecule has 0 amide bonds. The van der Waals surface area contributed by atoms with Gasteiger partial charge in [0.05, 0.1) is 0 Å². The summed E-state index contributed by atoms with van der Waals surface area (Å²) in [6.45, 7) is 6.05. The van der Waals surface area contributed by atoms with E-state index in [1.54, 1.807) is 12.3 Å². The summed E-state index contributed by atoms with van der Waals surface area (Å²) in [6, 6.07) is 19.0. The van der Waals surface area contributed by atoms with E-state index in [9.17, 15) is 14.0 Å². The quantitative estimate of drug-likeness (QED) is 0.245. The number of hydrogen-bond acceptors (Lipinski definition) is 2. The monoisotopic (exact) mass is 469 g/mol. The Balaban J connectivity index is 1.43. The van der Waals surface area contributed by atoms with Crippen molar-refractivity contribution in [2.75, 3.05) is 0 Å². The summed E-state index contributed by atoms with van der Waals surface area (Å²) in [4.78, 5) is 28.9. The molecule has 4 rings (SSSR count). The smallest absolute Gasteiger partial charge is 0.163 e. The van der Waals surface area contributed by atoms with Crippen LogP contribution in [0, 0.1) is 19.7 Å². The van der Waals surface area contributed by atoms with Crippen LogP contribution in [0.4, 0.5) is 4.39 Å². The van der Waals surface area contributed by atoms with Crippen LogP contribution < -0.4 is 0 Å². The number of Topliss-reactive ketones (excluding diaryl/α,β-unsaturated/α-hetero) is 2. The van der Waals surface area contributed by atoms with Crippen molar-refractivity contribution in [1.82, 2.24) is 4.98 Å². The number of carbonyl (C=O) groups excluding carboxylic acids is 2. The molecule has 0 aliphatic rings. The molecule has 0 radical (unpaired) electrons. The molecule has 1 aromatic heterocycles. The highest BCUT2D eigenvalue weighted by Gasteiger charge is 2.22. The molecule has 4 heteroatoms. The lowest BCUT2D eigenvalue weighted by molar-refractivity contribution is -0.120. The number of aryl methyl sites for hydroxylation is 3. The number of carbonyl (C=O) groups is 2. The van der Waals surface area contributed by atoms with E-state index in [4.69, 9.17) is 0 Å². The molecule has 1 unspecified atom stereocenters. The standard InChI is InChI=1S/C31H32FNO2/c1-4-5-27(31(35)18-25-17-24-14-15-33-29(24)19-28(25)32)23-10-7-22(8-11-23)9-13-30(34)26-12-6-20(2)16-21(26)3/h6-8,10-12,14-17,19,27,33H,4-5,9,13,18H2,1-3H3. The van der Waals surface area contributed by atoms with Crippen molar-refractivity contribution in [3.8, 4) is 0 Å². The predicted octanol–water partition coefficient (Wildman–Crippen LogP) is 7.43. The molecule has 3 nitrogen and oxygen atoms in total. The van der Waals surface area contributed by atoms with Crippen LogP contribution in [-0.2, 0) is 17.6 Å². The van der Waals surface area contributed by atoms with Crippen LogP contribution in [0.2, 0.25) is 0 Å². The van der Waals surface area contributed by atoms with Gasteiger partial charge >= 0.3 is 0 Å². The van der Waals surface area contributed by atoms with E-state index in [0.29, 0.717) is 18.4 Å². The van der Waals surface area contributed by atoms with Gasteiger partial charge in [-0.25, -0.2) is 4.39 Å². The third-order valence-corrected chi connectivity index (χ3v) is 6.76. The third-order valence-electron chi connectivity index (χ3n) is 6.76. The first kappa shape index (κ1) is 24.6. The number of ketones is 2. The second-order valence-electron chi connectivity index (χ2n) is 9.48. The first-order valence-electron chi connectivity index (χ1n) is 12.3. The van der Waals surface area contributed by atoms with E-state index in [2.05, 4.69) is 11.9 Å². The van der Waals surface area contributed by atoms with Gasteiger partial charge in [-0.3, -0.25) is 9.59 Å². The highest BCUT2D eigenvalue weighted by molar-refractivity contribution is 5.97. The van der Waals surface area contributed by atoms with Crippen molar-refractivity contribution in [1.29, 1.82) is 0 Å². The summed E-state index contributed by atoms with van der Waals surface area (Å²) in [5.74, 6) is -0.454. The van der Waals surface area contributed by atoms with E-state index >= 15 is 0 Å². The first-order chi connectivity index (χ1) is 16.9. The average Bonchev–Trinajstić information content (AvgIpc) is 3.28. The van der Waals surface area contributed by atoms with Crippen molar-refractivity contribution in [3.63, 3.8) is 0 Å². The Labute approximate surface area is 206 Å². The lowest BCUT2D eigenvalue weighted by Gasteiger charge is -2.17. The van der Waals surface area contributed by atoms with Gasteiger partial charge in [-0.15, -0.1) is 0 Å². The topological polar surface area (TPSA) is 49.9 Å². The minimum atomic E-state index is -0.354. The first-order valence-corrected chi connectivity index (χ1v) is 12.3. The molecule has 3 aromatic carbocycles. The Morgan fingerprint density at radius 3 is 2.46 bits per heavy atom. The lowest BCUT2D eigenvalue weighted by Crippen LogP contribution is -2.16. The number of H-pyrrole nitrogens is 1. The van der Waals surface area contributed by atoms with Crippen LogP contribution in [0.25, 0.3) is 10.9 Å². The Bertz CT molecular complexity index is 1350. The maximum atomic E-state index is 14.6. The minimum Gasteiger partial charge on any atom is -0.361 e. The zero-order valence-corrected chi connectivity index (χ0v) is 20.7. The minimum absolute atomic E-state index is 0.0263. The van der Waals surface area contributed by atoms with Crippen LogP contribution in [0.1, 0.15) is 70.3 Å². The van der Waals surface area contributed by atoms with Crippen molar-refractivity contribution in [2.45, 2.75) is 58.8 Å². The van der Waals surface area contributed by atoms with E-state index in [-0.39, 0.29) is 29.7 Å². The van der Waals surface area contributed by atoms with E-state index in [1.807, 2.05) is 62.4 Å². The van der Waals surface area contributed by atoms with Crippen molar-refractivity contribution < 1.29 is 14.0 Å². The van der Waals surface area contributed by atoms with Crippen LogP contribution in [0.15, 0.2) is 66.9 Å². The SMILES string of the molecule is CCCC(C(=O)Cc1cc2cc[nH]c2cc1F)c1ccc(CCC(=O)c2ccc(C)cc2C)cc1. The molecule has 1 N–H and O–H groups in total. The van der Waals surface area contributed by atoms with Crippen molar-refractivity contribution >= 4 is 22.5 Å². The van der Waals surface area contributed by atoms with Gasteiger partial charge in [0, 0.05) is 36.0 Å². The number of fused-ring (bicyclic) bond motifs is 1. The summed E-state index contributed by atoms with van der Waals surface area (Å²) in [5.41, 5.74) is 6.13. The molecular weight excluding hydrogens is 437 g/mol. The van der Waals surface area contributed by atoms with Gasteiger partial charge in [-0.05, 0) is 72.5 Å². The van der Waals surface area contributed by atoms with Crippen LogP contribution in [0.5, 0.6) is 0 Å². The molecule has 0 spiro atoms. The summed E-state index contributed by atoms with van der Waals surface area (Å²) in [5, 5.41) is 0.904. The van der Waals surface area contributed by atoms with Gasteiger partial charge in [0.25, 0.3) is 0 Å². The van der Waals surface area contributed by atoms with E-state index in [0.717, 1.165) is 51.6 Å². The molecule has 1 atom stereocenters. The largest absolute Gasteiger partial charge is 0.361 e. The molecular formula is C31H32FNO2. The molecule has 35 heavy (non-hydrogen) atoms. The van der Waals surface area contributed by atoms with Crippen LogP contribution in [-0.4, -0.2) is 16.6 Å². The lowest BCUT2D eigenvalue weighted by atomic mass is 9.86. The molecule has 0 aliphatic carbocycles. The summed E-state index contributed by atoms with van der Waals surface area (Å²) in [7, 11) is 0. The van der Waals surface area contributed by atoms with Crippen LogP contribution >= 0.6 is 0 Å². The zero-order chi connectivity index (χ0) is 24.9. The Kier molecular flexibility index (Phi) is 7.60. The Morgan fingerprint density at radius 2 is 1.74 bits per heavy atom. The number of nitrogens with one attached hydrogen (secondary N) is 1. The Morgan fingerprint density at radius 1 is 0.971 bits per heavy atom. The summed E-state index contributed by atoms with van der Waals surface area (Å²) in [6.07, 6.45) is 4.53. The summed E-state index contributed by atoms with van der Waals surface area (Å²) >= 11 is 0. The fourth-order valence-corrected chi connectivity index (χ4v) is 4.81. The molecule has 1 heterocycles. The van der Waals surface area contributed by atoms with E-state index in [1.165, 1.54) is 6.07 Å². The van der Waals surface area contributed by atoms with Crippen molar-refractivity contribution in [2.24, 2.45) is 0 Å². The fraction of sp³-hybridized carbons (Fsp3) is 0.290. The second kappa shape index (κ2) is 10.8. The number of halogens is 1. The summed E-state index contributed by atoms with van der Waals surface area (Å²) < 4.78 is 14.6. The van der Waals surface area contributed by atoms with Gasteiger partial charge in [0.2, 0.25) is 0 Å². The van der Waals surface area contributed by atoms with Crippen LogP contribution in [0.3, 0.4) is 0 Å². The van der Waals surface area contributed by atoms with Gasteiger partial charge < -0.3 is 4.98 Å².